The Morgan fingerprint density at radius 2 is 2.14 bits per heavy atom. The molecule has 1 aromatic rings. The number of carbonyl (C=O) groups excluding carboxylic acids is 1. The number of aliphatic hydroxyl groups is 1. The van der Waals surface area contributed by atoms with E-state index in [1.165, 1.54) is 0 Å². The number of aliphatic hydroxyl groups excluding tert-OH is 1. The number of hydrogen-bond acceptors (Lipinski definition) is 4. The van der Waals surface area contributed by atoms with Gasteiger partial charge in [-0.2, -0.15) is 13.2 Å². The molecule has 0 radical (unpaired) electrons. The molecule has 2 aliphatic rings. The van der Waals surface area contributed by atoms with Gasteiger partial charge in [0.2, 0.25) is 5.91 Å². The van der Waals surface area contributed by atoms with Crippen LogP contribution in [0.2, 0.25) is 0 Å². The second-order valence-corrected chi connectivity index (χ2v) is 8.16. The standard InChI is InChI=1S/C20H28F3N3O2/c1-12(11-27)13(2)25-17-4-3-14(8-17)19(28)26-6-5-18-15(10-26)7-16(9-24-18)20(21,22)23/h7,9,12-14,17,25,27H,3-6,8,10-11H2,1-2H3. The lowest BCUT2D eigenvalue weighted by atomic mass is 10.00. The van der Waals surface area contributed by atoms with Gasteiger partial charge < -0.3 is 15.3 Å². The van der Waals surface area contributed by atoms with E-state index in [4.69, 9.17) is 0 Å². The van der Waals surface area contributed by atoms with Gasteiger partial charge in [-0.15, -0.1) is 0 Å². The number of carbonyl (C=O) groups is 1. The fourth-order valence-electron chi connectivity index (χ4n) is 4.08. The van der Waals surface area contributed by atoms with E-state index in [2.05, 4.69) is 10.3 Å². The summed E-state index contributed by atoms with van der Waals surface area (Å²) in [6.07, 6.45) is -0.673. The van der Waals surface area contributed by atoms with Crippen molar-refractivity contribution in [3.8, 4) is 0 Å². The van der Waals surface area contributed by atoms with E-state index in [-0.39, 0.29) is 43.0 Å². The predicted octanol–water partition coefficient (Wildman–Crippen LogP) is 2.76. The topological polar surface area (TPSA) is 65.5 Å². The van der Waals surface area contributed by atoms with Crippen LogP contribution < -0.4 is 5.32 Å². The summed E-state index contributed by atoms with van der Waals surface area (Å²) in [5.41, 5.74) is 0.375. The van der Waals surface area contributed by atoms with E-state index in [1.54, 1.807) is 4.90 Å². The Hall–Kier alpha value is -1.67. The highest BCUT2D eigenvalue weighted by Crippen LogP contribution is 2.33. The number of hydrogen-bond donors (Lipinski definition) is 2. The molecule has 28 heavy (non-hydrogen) atoms. The molecular weight excluding hydrogens is 371 g/mol. The first kappa shape index (κ1) is 21.0. The molecule has 2 heterocycles. The molecule has 4 atom stereocenters. The summed E-state index contributed by atoms with van der Waals surface area (Å²) in [5, 5.41) is 12.8. The van der Waals surface area contributed by atoms with Crippen molar-refractivity contribution in [2.75, 3.05) is 13.2 Å². The summed E-state index contributed by atoms with van der Waals surface area (Å²) in [6, 6.07) is 1.52. The van der Waals surface area contributed by atoms with Crippen LogP contribution in [0.1, 0.15) is 49.9 Å². The lowest BCUT2D eigenvalue weighted by Gasteiger charge is -2.31. The first-order valence-electron chi connectivity index (χ1n) is 9.89. The Bertz CT molecular complexity index is 710. The van der Waals surface area contributed by atoms with E-state index < -0.39 is 11.7 Å². The van der Waals surface area contributed by atoms with Gasteiger partial charge in [-0.1, -0.05) is 6.92 Å². The van der Waals surface area contributed by atoms with Crippen LogP contribution >= 0.6 is 0 Å². The SMILES string of the molecule is CC(CO)C(C)NC1CCC(C(=O)N2CCc3ncc(C(F)(F)F)cc3C2)C1. The van der Waals surface area contributed by atoms with Gasteiger partial charge >= 0.3 is 6.18 Å². The van der Waals surface area contributed by atoms with Gasteiger partial charge in [0.15, 0.2) is 0 Å². The van der Waals surface area contributed by atoms with Gasteiger partial charge in [0.1, 0.15) is 0 Å². The number of nitrogens with one attached hydrogen (secondary N) is 1. The van der Waals surface area contributed by atoms with E-state index in [0.29, 0.717) is 24.2 Å². The summed E-state index contributed by atoms with van der Waals surface area (Å²) >= 11 is 0. The number of pyridine rings is 1. The second kappa shape index (κ2) is 8.37. The third-order valence-corrected chi connectivity index (χ3v) is 6.10. The molecule has 3 rings (SSSR count). The first-order valence-corrected chi connectivity index (χ1v) is 9.89. The van der Waals surface area contributed by atoms with Crippen LogP contribution in [0, 0.1) is 11.8 Å². The number of halogens is 3. The molecule has 8 heteroatoms. The monoisotopic (exact) mass is 399 g/mol. The maximum Gasteiger partial charge on any atom is 0.417 e. The minimum Gasteiger partial charge on any atom is -0.396 e. The molecule has 1 aromatic heterocycles. The van der Waals surface area contributed by atoms with Gasteiger partial charge in [0.05, 0.1) is 5.56 Å². The fourth-order valence-corrected chi connectivity index (χ4v) is 4.08. The van der Waals surface area contributed by atoms with Crippen LogP contribution in [0.3, 0.4) is 0 Å². The quantitative estimate of drug-likeness (QED) is 0.799. The normalized spacial score (nSPS) is 24.7. The molecule has 0 saturated heterocycles. The number of rotatable bonds is 5. The number of alkyl halides is 3. The van der Waals surface area contributed by atoms with E-state index in [9.17, 15) is 23.1 Å². The summed E-state index contributed by atoms with van der Waals surface area (Å²) in [7, 11) is 0. The zero-order chi connectivity index (χ0) is 20.5. The van der Waals surface area contributed by atoms with Crippen LogP contribution in [-0.2, 0) is 23.9 Å². The molecule has 1 fully saturated rings. The molecule has 1 amide bonds. The molecular formula is C20H28F3N3O2. The molecule has 156 valence electrons. The molecule has 0 aromatic carbocycles. The summed E-state index contributed by atoms with van der Waals surface area (Å²) in [4.78, 5) is 18.6. The van der Waals surface area contributed by atoms with Crippen molar-refractivity contribution in [2.24, 2.45) is 11.8 Å². The lowest BCUT2D eigenvalue weighted by molar-refractivity contribution is -0.137. The maximum atomic E-state index is 12.9. The van der Waals surface area contributed by atoms with Gasteiger partial charge in [-0.25, -0.2) is 0 Å². The molecule has 0 spiro atoms. The highest BCUT2D eigenvalue weighted by Gasteiger charge is 2.36. The Morgan fingerprint density at radius 1 is 1.39 bits per heavy atom. The number of amides is 1. The first-order chi connectivity index (χ1) is 13.2. The van der Waals surface area contributed by atoms with Crippen molar-refractivity contribution in [3.63, 3.8) is 0 Å². The largest absolute Gasteiger partial charge is 0.417 e. The molecule has 1 aliphatic heterocycles. The van der Waals surface area contributed by atoms with Crippen LogP contribution in [0.25, 0.3) is 0 Å². The number of fused-ring (bicyclic) bond motifs is 1. The Balaban J connectivity index is 1.60. The molecule has 0 bridgehead atoms. The number of aromatic nitrogens is 1. The Labute approximate surface area is 163 Å². The van der Waals surface area contributed by atoms with Crippen molar-refractivity contribution in [2.45, 2.75) is 64.3 Å². The fraction of sp³-hybridized carbons (Fsp3) is 0.700. The van der Waals surface area contributed by atoms with Crippen molar-refractivity contribution in [3.05, 3.63) is 29.1 Å². The van der Waals surface area contributed by atoms with Gasteiger partial charge in [0, 0.05) is 56.0 Å². The second-order valence-electron chi connectivity index (χ2n) is 8.16. The molecule has 1 saturated carbocycles. The van der Waals surface area contributed by atoms with Crippen molar-refractivity contribution in [1.82, 2.24) is 15.2 Å². The van der Waals surface area contributed by atoms with Crippen molar-refractivity contribution < 1.29 is 23.1 Å². The third-order valence-electron chi connectivity index (χ3n) is 6.10. The third kappa shape index (κ3) is 4.66. The summed E-state index contributed by atoms with van der Waals surface area (Å²) in [5.74, 6) is 0.0633. The average molecular weight is 399 g/mol. The molecule has 4 unspecified atom stereocenters. The van der Waals surface area contributed by atoms with Gasteiger partial charge in [0.25, 0.3) is 0 Å². The maximum absolute atomic E-state index is 12.9. The predicted molar refractivity (Wildman–Crippen MR) is 98.3 cm³/mol. The minimum absolute atomic E-state index is 0.0234. The molecule has 1 aliphatic carbocycles. The van der Waals surface area contributed by atoms with Crippen LogP contribution in [0.15, 0.2) is 12.3 Å². The van der Waals surface area contributed by atoms with Crippen LogP contribution in [-0.4, -0.2) is 46.1 Å². The summed E-state index contributed by atoms with van der Waals surface area (Å²) in [6.45, 7) is 4.81. The lowest BCUT2D eigenvalue weighted by Crippen LogP contribution is -2.42. The number of nitrogens with zero attached hydrogens (tertiary/aromatic N) is 2. The van der Waals surface area contributed by atoms with Crippen LogP contribution in [0.5, 0.6) is 0 Å². The zero-order valence-corrected chi connectivity index (χ0v) is 16.3. The molecule has 5 nitrogen and oxygen atoms in total. The smallest absolute Gasteiger partial charge is 0.396 e. The van der Waals surface area contributed by atoms with E-state index in [1.807, 2.05) is 13.8 Å². The molecule has 2 N–H and O–H groups in total. The highest BCUT2D eigenvalue weighted by atomic mass is 19.4. The van der Waals surface area contributed by atoms with Crippen molar-refractivity contribution in [1.29, 1.82) is 0 Å². The van der Waals surface area contributed by atoms with Gasteiger partial charge in [-0.05, 0) is 43.7 Å². The van der Waals surface area contributed by atoms with E-state index in [0.717, 1.165) is 31.5 Å². The van der Waals surface area contributed by atoms with Crippen molar-refractivity contribution >= 4 is 5.91 Å². The average Bonchev–Trinajstić information content (AvgIpc) is 3.13. The van der Waals surface area contributed by atoms with Crippen LogP contribution in [0.4, 0.5) is 13.2 Å². The minimum atomic E-state index is -4.43. The Kier molecular flexibility index (Phi) is 6.29. The van der Waals surface area contributed by atoms with Gasteiger partial charge in [-0.3, -0.25) is 9.78 Å². The zero-order valence-electron chi connectivity index (χ0n) is 16.3. The highest BCUT2D eigenvalue weighted by molar-refractivity contribution is 5.79. The Morgan fingerprint density at radius 3 is 2.82 bits per heavy atom. The van der Waals surface area contributed by atoms with E-state index >= 15 is 0 Å². The summed E-state index contributed by atoms with van der Waals surface area (Å²) < 4.78 is 38.8.